The third-order valence-corrected chi connectivity index (χ3v) is 6.59. The zero-order valence-corrected chi connectivity index (χ0v) is 16.6. The molecule has 136 valence electrons. The summed E-state index contributed by atoms with van der Waals surface area (Å²) in [7, 11) is 0. The number of carboxylic acid groups (broad SMARTS) is 1. The maximum Gasteiger partial charge on any atom is 0.303 e. The van der Waals surface area contributed by atoms with Crippen molar-refractivity contribution in [3.05, 3.63) is 41.0 Å². The lowest BCUT2D eigenvalue weighted by atomic mass is 10.0. The van der Waals surface area contributed by atoms with Gasteiger partial charge in [0.05, 0.1) is 5.39 Å². The summed E-state index contributed by atoms with van der Waals surface area (Å²) in [5.74, 6) is -0.0110. The molecule has 0 aliphatic heterocycles. The number of carbonyl (C=O) groups is 1. The molecule has 0 saturated heterocycles. The van der Waals surface area contributed by atoms with Crippen LogP contribution in [0.1, 0.15) is 37.1 Å². The molecule has 0 saturated carbocycles. The molecule has 0 amide bonds. The number of nitrogens with zero attached hydrogens (tertiary/aromatic N) is 2. The summed E-state index contributed by atoms with van der Waals surface area (Å²) in [6.45, 7) is 4.33. The van der Waals surface area contributed by atoms with Gasteiger partial charge in [-0.25, -0.2) is 9.97 Å². The molecule has 0 radical (unpaired) electrons. The highest BCUT2D eigenvalue weighted by Crippen LogP contribution is 2.42. The highest BCUT2D eigenvalue weighted by Gasteiger charge is 2.18. The van der Waals surface area contributed by atoms with Crippen LogP contribution in [0.2, 0.25) is 0 Å². The van der Waals surface area contributed by atoms with E-state index in [-0.39, 0.29) is 6.42 Å². The molecular formula is C20H22N2O2S2. The minimum atomic E-state index is -0.751. The number of thioether (sulfide) groups is 1. The number of benzene rings is 1. The van der Waals surface area contributed by atoms with Gasteiger partial charge in [0.25, 0.3) is 0 Å². The van der Waals surface area contributed by atoms with Crippen LogP contribution in [0.5, 0.6) is 0 Å². The number of rotatable bonds is 8. The molecule has 0 atom stereocenters. The molecule has 0 bridgehead atoms. The van der Waals surface area contributed by atoms with Crippen molar-refractivity contribution in [3.8, 4) is 11.1 Å². The van der Waals surface area contributed by atoms with Crippen molar-refractivity contribution < 1.29 is 9.90 Å². The highest BCUT2D eigenvalue weighted by molar-refractivity contribution is 7.99. The minimum Gasteiger partial charge on any atom is -0.481 e. The maximum absolute atomic E-state index is 10.7. The molecule has 4 nitrogen and oxygen atoms in total. The molecule has 26 heavy (non-hydrogen) atoms. The Kier molecular flexibility index (Phi) is 6.27. The lowest BCUT2D eigenvalue weighted by molar-refractivity contribution is -0.137. The van der Waals surface area contributed by atoms with Gasteiger partial charge in [0, 0.05) is 22.6 Å². The first kappa shape index (κ1) is 18.9. The summed E-state index contributed by atoms with van der Waals surface area (Å²) in [6, 6.07) is 8.74. The average Bonchev–Trinajstić information content (AvgIpc) is 3.04. The number of aryl methyl sites for hydroxylation is 2. The van der Waals surface area contributed by atoms with Crippen molar-refractivity contribution in [2.75, 3.05) is 5.75 Å². The Morgan fingerprint density at radius 2 is 1.92 bits per heavy atom. The maximum atomic E-state index is 10.7. The molecule has 0 fully saturated rings. The van der Waals surface area contributed by atoms with Crippen LogP contribution in [0.3, 0.4) is 0 Å². The van der Waals surface area contributed by atoms with Crippen LogP contribution in [0.4, 0.5) is 0 Å². The number of aromatic nitrogens is 2. The fourth-order valence-corrected chi connectivity index (χ4v) is 5.03. The predicted octanol–water partition coefficient (Wildman–Crippen LogP) is 5.44. The van der Waals surface area contributed by atoms with Crippen LogP contribution < -0.4 is 0 Å². The topological polar surface area (TPSA) is 63.1 Å². The molecule has 0 unspecified atom stereocenters. The first-order chi connectivity index (χ1) is 12.6. The van der Waals surface area contributed by atoms with E-state index in [4.69, 9.17) is 5.11 Å². The average molecular weight is 387 g/mol. The molecule has 0 aliphatic carbocycles. The van der Waals surface area contributed by atoms with Crippen molar-refractivity contribution in [2.45, 2.75) is 44.6 Å². The van der Waals surface area contributed by atoms with Gasteiger partial charge in [-0.3, -0.25) is 4.79 Å². The number of hydrogen-bond donors (Lipinski definition) is 1. The van der Waals surface area contributed by atoms with Gasteiger partial charge in [0.1, 0.15) is 16.2 Å². The molecule has 3 rings (SSSR count). The van der Waals surface area contributed by atoms with Crippen LogP contribution in [0.15, 0.2) is 35.6 Å². The molecular weight excluding hydrogens is 364 g/mol. The molecule has 0 aliphatic rings. The Morgan fingerprint density at radius 1 is 1.15 bits per heavy atom. The Morgan fingerprint density at radius 3 is 2.58 bits per heavy atom. The van der Waals surface area contributed by atoms with E-state index in [0.717, 1.165) is 33.8 Å². The minimum absolute atomic E-state index is 0.191. The Balaban J connectivity index is 2.01. The van der Waals surface area contributed by atoms with Crippen LogP contribution in [0.25, 0.3) is 21.3 Å². The van der Waals surface area contributed by atoms with Crippen molar-refractivity contribution in [1.82, 2.24) is 9.97 Å². The van der Waals surface area contributed by atoms with Gasteiger partial charge in [0.15, 0.2) is 0 Å². The predicted molar refractivity (Wildman–Crippen MR) is 109 cm³/mol. The van der Waals surface area contributed by atoms with Crippen molar-refractivity contribution in [1.29, 1.82) is 0 Å². The van der Waals surface area contributed by atoms with E-state index < -0.39 is 5.97 Å². The summed E-state index contributed by atoms with van der Waals surface area (Å²) >= 11 is 3.35. The molecule has 1 aromatic carbocycles. The van der Waals surface area contributed by atoms with Crippen molar-refractivity contribution in [2.24, 2.45) is 0 Å². The van der Waals surface area contributed by atoms with E-state index >= 15 is 0 Å². The second-order valence-electron chi connectivity index (χ2n) is 6.01. The van der Waals surface area contributed by atoms with E-state index in [0.29, 0.717) is 6.42 Å². The zero-order valence-electron chi connectivity index (χ0n) is 15.0. The highest BCUT2D eigenvalue weighted by atomic mass is 32.2. The first-order valence-corrected chi connectivity index (χ1v) is 10.6. The van der Waals surface area contributed by atoms with Gasteiger partial charge in [-0.2, -0.15) is 0 Å². The SMILES string of the molecule is CCc1ccc(-c2c(CC)sc3ncnc(SCCCC(=O)O)c23)cc1. The zero-order chi connectivity index (χ0) is 18.5. The Labute approximate surface area is 161 Å². The molecule has 2 heterocycles. The van der Waals surface area contributed by atoms with Gasteiger partial charge in [-0.1, -0.05) is 38.1 Å². The second kappa shape index (κ2) is 8.64. The number of fused-ring (bicyclic) bond motifs is 1. The monoisotopic (exact) mass is 386 g/mol. The quantitative estimate of drug-likeness (QED) is 0.317. The number of hydrogen-bond acceptors (Lipinski definition) is 5. The number of aliphatic carboxylic acids is 1. The van der Waals surface area contributed by atoms with Crippen LogP contribution >= 0.6 is 23.1 Å². The summed E-state index contributed by atoms with van der Waals surface area (Å²) in [6.07, 6.45) is 4.42. The van der Waals surface area contributed by atoms with Gasteiger partial charge in [0.2, 0.25) is 0 Å². The van der Waals surface area contributed by atoms with E-state index in [1.807, 2.05) is 0 Å². The van der Waals surface area contributed by atoms with Crippen LogP contribution in [-0.4, -0.2) is 26.8 Å². The van der Waals surface area contributed by atoms with Crippen molar-refractivity contribution >= 4 is 39.3 Å². The van der Waals surface area contributed by atoms with Gasteiger partial charge in [-0.05, 0) is 30.4 Å². The van der Waals surface area contributed by atoms with E-state index in [2.05, 4.69) is 48.1 Å². The van der Waals surface area contributed by atoms with Gasteiger partial charge < -0.3 is 5.11 Å². The lowest BCUT2D eigenvalue weighted by Crippen LogP contribution is -1.95. The fraction of sp³-hybridized carbons (Fsp3) is 0.350. The molecule has 1 N–H and O–H groups in total. The number of thiophene rings is 1. The van der Waals surface area contributed by atoms with Gasteiger partial charge in [-0.15, -0.1) is 23.1 Å². The fourth-order valence-electron chi connectivity index (χ4n) is 2.92. The Bertz CT molecular complexity index is 904. The summed E-state index contributed by atoms with van der Waals surface area (Å²) in [5.41, 5.74) is 3.76. The van der Waals surface area contributed by atoms with E-state index in [9.17, 15) is 4.79 Å². The molecule has 0 spiro atoms. The lowest BCUT2D eigenvalue weighted by Gasteiger charge is -2.08. The van der Waals surface area contributed by atoms with Crippen molar-refractivity contribution in [3.63, 3.8) is 0 Å². The standard InChI is InChI=1S/C20H22N2O2S2/c1-3-13-7-9-14(10-8-13)17-15(4-2)26-20-18(17)19(21-12-22-20)25-11-5-6-16(23)24/h7-10,12H,3-6,11H2,1-2H3,(H,23,24). The summed E-state index contributed by atoms with van der Waals surface area (Å²) in [5, 5.41) is 10.9. The summed E-state index contributed by atoms with van der Waals surface area (Å²) in [4.78, 5) is 22.0. The van der Waals surface area contributed by atoms with Crippen LogP contribution in [0, 0.1) is 0 Å². The van der Waals surface area contributed by atoms with Crippen LogP contribution in [-0.2, 0) is 17.6 Å². The number of carboxylic acids is 1. The third-order valence-electron chi connectivity index (χ3n) is 4.27. The molecule has 6 heteroatoms. The van der Waals surface area contributed by atoms with E-state index in [1.54, 1.807) is 29.4 Å². The summed E-state index contributed by atoms with van der Waals surface area (Å²) < 4.78 is 0. The molecule has 2 aromatic heterocycles. The second-order valence-corrected chi connectivity index (χ2v) is 8.18. The smallest absolute Gasteiger partial charge is 0.303 e. The third kappa shape index (κ3) is 4.07. The Hall–Kier alpha value is -1.92. The normalized spacial score (nSPS) is 11.2. The largest absolute Gasteiger partial charge is 0.481 e. The van der Waals surface area contributed by atoms with Gasteiger partial charge >= 0.3 is 5.97 Å². The first-order valence-electron chi connectivity index (χ1n) is 8.84. The van der Waals surface area contributed by atoms with E-state index in [1.165, 1.54) is 21.6 Å². The molecule has 3 aromatic rings.